The highest BCUT2D eigenvalue weighted by Crippen LogP contribution is 2.44. The Morgan fingerprint density at radius 3 is 2.19 bits per heavy atom. The molecule has 1 amide bonds. The van der Waals surface area contributed by atoms with Gasteiger partial charge in [-0.2, -0.15) is 0 Å². The Balaban J connectivity index is 1.29. The fourth-order valence-electron chi connectivity index (χ4n) is 4.89. The molecule has 3 aromatic carbocycles. The number of hydrogen-bond acceptors (Lipinski definition) is 7. The lowest BCUT2D eigenvalue weighted by atomic mass is 9.98. The fourth-order valence-corrected chi connectivity index (χ4v) is 4.89. The van der Waals surface area contributed by atoms with Crippen LogP contribution < -0.4 is 5.32 Å². The number of aromatic nitrogens is 2. The van der Waals surface area contributed by atoms with Crippen LogP contribution in [0.3, 0.4) is 0 Å². The highest BCUT2D eigenvalue weighted by Gasteiger charge is 2.30. The van der Waals surface area contributed by atoms with Gasteiger partial charge in [-0.05, 0) is 29.2 Å². The van der Waals surface area contributed by atoms with Gasteiger partial charge in [0.2, 0.25) is 0 Å². The molecule has 0 saturated heterocycles. The molecule has 4 aromatic rings. The lowest BCUT2D eigenvalue weighted by Gasteiger charge is -2.19. The summed E-state index contributed by atoms with van der Waals surface area (Å²) in [4.78, 5) is 53.9. The number of nitrogens with zero attached hydrogens (tertiary/aromatic N) is 2. The molecule has 1 aromatic heterocycles. The standard InChI is InChI=1S/C32H27N3O7/c1-20(15-29(36)21-9-3-2-4-10-21)42-30(37)28(16-22-17-35(19-33-22)32(39)40)34-31(38)41-18-27-25-13-7-5-11-23(25)24-12-6-8-14-26(24)27/h2-15,17,19,27-28H,16,18H2,1H3,(H,34,38)(H,39,40)/b20-15+. The number of esters is 1. The van der Waals surface area contributed by atoms with E-state index in [9.17, 15) is 24.3 Å². The topological polar surface area (TPSA) is 137 Å². The van der Waals surface area contributed by atoms with Crippen LogP contribution in [-0.4, -0.2) is 51.2 Å². The molecular formula is C32H27N3O7. The molecule has 2 N–H and O–H groups in total. The van der Waals surface area contributed by atoms with Gasteiger partial charge in [0.15, 0.2) is 5.78 Å². The highest BCUT2D eigenvalue weighted by atomic mass is 16.6. The lowest BCUT2D eigenvalue weighted by Crippen LogP contribution is -2.44. The number of ketones is 1. The molecule has 10 heteroatoms. The number of carbonyl (C=O) groups is 4. The number of ether oxygens (including phenoxy) is 2. The molecule has 0 aliphatic heterocycles. The van der Waals surface area contributed by atoms with Crippen molar-refractivity contribution < 1.29 is 33.8 Å². The first-order valence-electron chi connectivity index (χ1n) is 13.2. The summed E-state index contributed by atoms with van der Waals surface area (Å²) in [6.45, 7) is 1.47. The van der Waals surface area contributed by atoms with Crippen LogP contribution in [0.15, 0.2) is 103 Å². The normalized spacial score (nSPS) is 13.0. The Kier molecular flexibility index (Phi) is 8.24. The fraction of sp³-hybridized carbons (Fsp3) is 0.156. The molecule has 1 atom stereocenters. The molecule has 1 unspecified atom stereocenters. The minimum absolute atomic E-state index is 0.0178. The van der Waals surface area contributed by atoms with E-state index >= 15 is 0 Å². The van der Waals surface area contributed by atoms with Crippen LogP contribution in [0.25, 0.3) is 11.1 Å². The molecule has 1 heterocycles. The van der Waals surface area contributed by atoms with E-state index in [1.165, 1.54) is 19.2 Å². The summed E-state index contributed by atoms with van der Waals surface area (Å²) in [7, 11) is 0. The summed E-state index contributed by atoms with van der Waals surface area (Å²) >= 11 is 0. The van der Waals surface area contributed by atoms with Gasteiger partial charge in [-0.15, -0.1) is 0 Å². The number of carboxylic acid groups (broad SMARTS) is 1. The monoisotopic (exact) mass is 565 g/mol. The molecule has 0 radical (unpaired) electrons. The van der Waals surface area contributed by atoms with Crippen LogP contribution in [0.5, 0.6) is 0 Å². The van der Waals surface area contributed by atoms with Gasteiger partial charge < -0.3 is 19.9 Å². The average molecular weight is 566 g/mol. The zero-order valence-electron chi connectivity index (χ0n) is 22.6. The van der Waals surface area contributed by atoms with Gasteiger partial charge in [-0.1, -0.05) is 78.9 Å². The molecule has 5 rings (SSSR count). The SMILES string of the molecule is C/C(=C\C(=O)c1ccccc1)OC(=O)C(Cc1cn(C(=O)O)cn1)NC(=O)OCC1c2ccccc2-c2ccccc21. The van der Waals surface area contributed by atoms with Crippen LogP contribution in [0.2, 0.25) is 0 Å². The highest BCUT2D eigenvalue weighted by molar-refractivity contribution is 6.04. The van der Waals surface area contributed by atoms with E-state index in [0.29, 0.717) is 5.56 Å². The van der Waals surface area contributed by atoms with Crippen LogP contribution in [0.1, 0.15) is 40.0 Å². The minimum Gasteiger partial charge on any atom is -0.464 e. The number of nitrogens with one attached hydrogen (secondary N) is 1. The number of amides is 1. The summed E-state index contributed by atoms with van der Waals surface area (Å²) in [5, 5.41) is 11.7. The van der Waals surface area contributed by atoms with Gasteiger partial charge in [-0.25, -0.2) is 23.9 Å². The van der Waals surface area contributed by atoms with E-state index < -0.39 is 24.2 Å². The summed E-state index contributed by atoms with van der Waals surface area (Å²) in [5.41, 5.74) is 4.85. The largest absolute Gasteiger partial charge is 0.464 e. The molecule has 1 aliphatic rings. The van der Waals surface area contributed by atoms with Crippen molar-refractivity contribution in [1.82, 2.24) is 14.9 Å². The van der Waals surface area contributed by atoms with Crippen molar-refractivity contribution in [1.29, 1.82) is 0 Å². The third-order valence-electron chi connectivity index (χ3n) is 6.84. The maximum absolute atomic E-state index is 13.1. The molecule has 1 aliphatic carbocycles. The van der Waals surface area contributed by atoms with Crippen molar-refractivity contribution in [3.8, 4) is 11.1 Å². The maximum atomic E-state index is 13.1. The summed E-state index contributed by atoms with van der Waals surface area (Å²) in [5.74, 6) is -1.40. The van der Waals surface area contributed by atoms with Crippen LogP contribution >= 0.6 is 0 Å². The summed E-state index contributed by atoms with van der Waals surface area (Å²) in [6.07, 6.45) is 1.19. The Bertz CT molecular complexity index is 1630. The first-order chi connectivity index (χ1) is 20.3. The minimum atomic E-state index is -1.28. The van der Waals surface area contributed by atoms with E-state index in [4.69, 9.17) is 9.47 Å². The maximum Gasteiger partial charge on any atom is 0.416 e. The van der Waals surface area contributed by atoms with Gasteiger partial charge in [0, 0.05) is 30.2 Å². The molecular weight excluding hydrogens is 538 g/mol. The Hall–Kier alpha value is -5.51. The van der Waals surface area contributed by atoms with Crippen molar-refractivity contribution in [3.63, 3.8) is 0 Å². The summed E-state index contributed by atoms with van der Waals surface area (Å²) in [6, 6.07) is 23.0. The zero-order valence-corrected chi connectivity index (χ0v) is 22.6. The average Bonchev–Trinajstić information content (AvgIpc) is 3.59. The molecule has 0 fully saturated rings. The second-order valence-electron chi connectivity index (χ2n) is 9.69. The van der Waals surface area contributed by atoms with Crippen LogP contribution in [-0.2, 0) is 20.7 Å². The predicted molar refractivity (Wildman–Crippen MR) is 152 cm³/mol. The molecule has 0 spiro atoms. The van der Waals surface area contributed by atoms with E-state index in [1.807, 2.05) is 48.5 Å². The first kappa shape index (κ1) is 28.0. The van der Waals surface area contributed by atoms with Crippen LogP contribution in [0, 0.1) is 0 Å². The third-order valence-corrected chi connectivity index (χ3v) is 6.84. The third kappa shape index (κ3) is 6.28. The van der Waals surface area contributed by atoms with Crippen molar-refractivity contribution in [2.75, 3.05) is 6.61 Å². The number of hydrogen-bond donors (Lipinski definition) is 2. The van der Waals surface area contributed by atoms with Crippen molar-refractivity contribution >= 4 is 23.9 Å². The van der Waals surface area contributed by atoms with Gasteiger partial charge in [0.25, 0.3) is 0 Å². The van der Waals surface area contributed by atoms with E-state index in [0.717, 1.165) is 33.1 Å². The Morgan fingerprint density at radius 1 is 0.952 bits per heavy atom. The Labute approximate surface area is 241 Å². The Morgan fingerprint density at radius 2 is 1.57 bits per heavy atom. The van der Waals surface area contributed by atoms with E-state index in [1.54, 1.807) is 30.3 Å². The molecule has 212 valence electrons. The second-order valence-corrected chi connectivity index (χ2v) is 9.69. The zero-order chi connectivity index (χ0) is 29.6. The molecule has 0 saturated carbocycles. The summed E-state index contributed by atoms with van der Waals surface area (Å²) < 4.78 is 11.8. The smallest absolute Gasteiger partial charge is 0.416 e. The van der Waals surface area contributed by atoms with E-state index in [-0.39, 0.29) is 36.2 Å². The van der Waals surface area contributed by atoms with Crippen molar-refractivity contribution in [3.05, 3.63) is 126 Å². The molecule has 10 nitrogen and oxygen atoms in total. The first-order valence-corrected chi connectivity index (χ1v) is 13.2. The van der Waals surface area contributed by atoms with Gasteiger partial charge in [-0.3, -0.25) is 4.79 Å². The predicted octanol–water partition coefficient (Wildman–Crippen LogP) is 5.19. The quantitative estimate of drug-likeness (QED) is 0.122. The van der Waals surface area contributed by atoms with Gasteiger partial charge >= 0.3 is 18.2 Å². The second kappa shape index (κ2) is 12.3. The van der Waals surface area contributed by atoms with Gasteiger partial charge in [0.1, 0.15) is 24.7 Å². The van der Waals surface area contributed by atoms with Gasteiger partial charge in [0.05, 0.1) is 5.69 Å². The van der Waals surface area contributed by atoms with E-state index in [2.05, 4.69) is 10.3 Å². The number of alkyl carbamates (subject to hydrolysis) is 1. The number of allylic oxidation sites excluding steroid dienone is 2. The molecule has 0 bridgehead atoms. The number of fused-ring (bicyclic) bond motifs is 3. The van der Waals surface area contributed by atoms with Crippen LogP contribution in [0.4, 0.5) is 9.59 Å². The van der Waals surface area contributed by atoms with Crippen molar-refractivity contribution in [2.24, 2.45) is 0 Å². The van der Waals surface area contributed by atoms with Crippen molar-refractivity contribution in [2.45, 2.75) is 25.3 Å². The number of carbonyl (C=O) groups excluding carboxylic acids is 3. The number of benzene rings is 3. The number of imidazole rings is 1. The lowest BCUT2D eigenvalue weighted by molar-refractivity contribution is -0.141. The molecule has 42 heavy (non-hydrogen) atoms. The number of rotatable bonds is 9.